The predicted octanol–water partition coefficient (Wildman–Crippen LogP) is 0.571. The number of hydrogen-bond acceptors (Lipinski definition) is 5. The average Bonchev–Trinajstić information content (AvgIpc) is 3.16. The van der Waals surface area contributed by atoms with E-state index in [1.807, 2.05) is 4.90 Å². The molecular formula is C14H18N2O4. The Morgan fingerprint density at radius 1 is 1.45 bits per heavy atom. The first-order valence-corrected chi connectivity index (χ1v) is 6.92. The highest BCUT2D eigenvalue weighted by Gasteiger charge is 2.33. The summed E-state index contributed by atoms with van der Waals surface area (Å²) in [7, 11) is 0. The number of rotatable bonds is 5. The van der Waals surface area contributed by atoms with Crippen molar-refractivity contribution in [2.75, 3.05) is 19.8 Å². The van der Waals surface area contributed by atoms with Crippen LogP contribution < -0.4 is 5.32 Å². The zero-order valence-corrected chi connectivity index (χ0v) is 11.2. The number of carbonyl (C=O) groups is 2. The van der Waals surface area contributed by atoms with Gasteiger partial charge in [0.05, 0.1) is 19.8 Å². The van der Waals surface area contributed by atoms with Gasteiger partial charge in [0.2, 0.25) is 5.91 Å². The summed E-state index contributed by atoms with van der Waals surface area (Å²) in [4.78, 5) is 24.8. The second-order valence-corrected chi connectivity index (χ2v) is 5.27. The van der Waals surface area contributed by atoms with E-state index in [0.717, 1.165) is 12.8 Å². The largest absolute Gasteiger partial charge is 0.457 e. The highest BCUT2D eigenvalue weighted by molar-refractivity contribution is 5.82. The summed E-state index contributed by atoms with van der Waals surface area (Å²) in [5.41, 5.74) is 0. The van der Waals surface area contributed by atoms with Crippen LogP contribution in [0, 0.1) is 0 Å². The Morgan fingerprint density at radius 2 is 2.30 bits per heavy atom. The van der Waals surface area contributed by atoms with E-state index >= 15 is 0 Å². The number of amides is 1. The van der Waals surface area contributed by atoms with Crippen molar-refractivity contribution in [2.24, 2.45) is 0 Å². The summed E-state index contributed by atoms with van der Waals surface area (Å²) in [6.45, 7) is 2.20. The van der Waals surface area contributed by atoms with E-state index < -0.39 is 0 Å². The Labute approximate surface area is 117 Å². The minimum absolute atomic E-state index is 0.0226. The molecule has 2 fully saturated rings. The molecule has 2 heterocycles. The molecule has 1 atom stereocenters. The van der Waals surface area contributed by atoms with Crippen LogP contribution in [0.1, 0.15) is 29.2 Å². The third-order valence-electron chi connectivity index (χ3n) is 3.62. The summed E-state index contributed by atoms with van der Waals surface area (Å²) in [6.07, 6.45) is 2.82. The number of nitrogens with zero attached hydrogens (tertiary/aromatic N) is 1. The van der Waals surface area contributed by atoms with Gasteiger partial charge in [0.15, 0.2) is 12.0 Å². The first kappa shape index (κ1) is 13.3. The number of hydrogen-bond donors (Lipinski definition) is 1. The third kappa shape index (κ3) is 3.08. The van der Waals surface area contributed by atoms with Crippen molar-refractivity contribution in [3.05, 3.63) is 23.7 Å². The molecule has 1 aliphatic carbocycles. The van der Waals surface area contributed by atoms with E-state index in [4.69, 9.17) is 9.15 Å². The second kappa shape index (κ2) is 5.76. The summed E-state index contributed by atoms with van der Waals surface area (Å²) in [5, 5.41) is 3.01. The van der Waals surface area contributed by atoms with Crippen molar-refractivity contribution in [1.82, 2.24) is 10.2 Å². The van der Waals surface area contributed by atoms with Gasteiger partial charge >= 0.3 is 0 Å². The fourth-order valence-corrected chi connectivity index (χ4v) is 2.34. The smallest absolute Gasteiger partial charge is 0.239 e. The molecule has 1 N–H and O–H groups in total. The van der Waals surface area contributed by atoms with Crippen LogP contribution in [0.4, 0.5) is 0 Å². The average molecular weight is 278 g/mol. The standard InChI is InChI=1S/C14H18N2O4/c17-8-12-4-3-11(20-12)7-16-5-6-19-9-13(16)14(18)15-10-1-2-10/h3-4,8,10,13H,1-2,5-7,9H2,(H,15,18). The molecule has 0 radical (unpaired) electrons. The normalized spacial score (nSPS) is 23.5. The SMILES string of the molecule is O=Cc1ccc(CN2CCOCC2C(=O)NC2CC2)o1. The molecule has 1 aliphatic heterocycles. The molecule has 2 aliphatic rings. The number of ether oxygens (including phenoxy) is 1. The van der Waals surface area contributed by atoms with Gasteiger partial charge < -0.3 is 14.5 Å². The monoisotopic (exact) mass is 278 g/mol. The van der Waals surface area contributed by atoms with Gasteiger partial charge in [-0.05, 0) is 25.0 Å². The van der Waals surface area contributed by atoms with Gasteiger partial charge in [-0.2, -0.15) is 0 Å². The molecule has 1 aromatic heterocycles. The summed E-state index contributed by atoms with van der Waals surface area (Å²) in [5.74, 6) is 1.03. The van der Waals surface area contributed by atoms with E-state index in [1.165, 1.54) is 0 Å². The Bertz CT molecular complexity index is 495. The van der Waals surface area contributed by atoms with Gasteiger partial charge in [0, 0.05) is 12.6 Å². The van der Waals surface area contributed by atoms with Gasteiger partial charge in [-0.25, -0.2) is 0 Å². The molecule has 3 rings (SSSR count). The molecule has 1 aromatic rings. The van der Waals surface area contributed by atoms with E-state index in [1.54, 1.807) is 12.1 Å². The number of nitrogens with one attached hydrogen (secondary N) is 1. The van der Waals surface area contributed by atoms with E-state index in [0.29, 0.717) is 50.2 Å². The minimum Gasteiger partial charge on any atom is -0.457 e. The van der Waals surface area contributed by atoms with Crippen molar-refractivity contribution in [2.45, 2.75) is 31.5 Å². The quantitative estimate of drug-likeness (QED) is 0.797. The van der Waals surface area contributed by atoms with Crippen LogP contribution in [0.2, 0.25) is 0 Å². The molecule has 6 heteroatoms. The van der Waals surface area contributed by atoms with Crippen molar-refractivity contribution in [1.29, 1.82) is 0 Å². The molecule has 1 unspecified atom stereocenters. The topological polar surface area (TPSA) is 71.8 Å². The van der Waals surface area contributed by atoms with Crippen molar-refractivity contribution in [3.8, 4) is 0 Å². The van der Waals surface area contributed by atoms with E-state index in [9.17, 15) is 9.59 Å². The molecule has 0 spiro atoms. The molecule has 6 nitrogen and oxygen atoms in total. The van der Waals surface area contributed by atoms with Crippen LogP contribution in [-0.4, -0.2) is 48.9 Å². The molecule has 20 heavy (non-hydrogen) atoms. The van der Waals surface area contributed by atoms with Gasteiger partial charge in [-0.3, -0.25) is 14.5 Å². The Morgan fingerprint density at radius 3 is 3.00 bits per heavy atom. The van der Waals surface area contributed by atoms with Gasteiger partial charge in [0.1, 0.15) is 11.8 Å². The van der Waals surface area contributed by atoms with E-state index in [-0.39, 0.29) is 11.9 Å². The molecule has 108 valence electrons. The summed E-state index contributed by atoms with van der Waals surface area (Å²) >= 11 is 0. The fourth-order valence-electron chi connectivity index (χ4n) is 2.34. The highest BCUT2D eigenvalue weighted by atomic mass is 16.5. The fraction of sp³-hybridized carbons (Fsp3) is 0.571. The Hall–Kier alpha value is -1.66. The zero-order valence-electron chi connectivity index (χ0n) is 11.2. The lowest BCUT2D eigenvalue weighted by molar-refractivity contribution is -0.133. The van der Waals surface area contributed by atoms with Crippen molar-refractivity contribution < 1.29 is 18.7 Å². The maximum Gasteiger partial charge on any atom is 0.239 e. The molecular weight excluding hydrogens is 260 g/mol. The van der Waals surface area contributed by atoms with E-state index in [2.05, 4.69) is 5.32 Å². The minimum atomic E-state index is -0.283. The van der Waals surface area contributed by atoms with Gasteiger partial charge in [-0.15, -0.1) is 0 Å². The number of carbonyl (C=O) groups excluding carboxylic acids is 2. The van der Waals surface area contributed by atoms with Crippen molar-refractivity contribution in [3.63, 3.8) is 0 Å². The highest BCUT2D eigenvalue weighted by Crippen LogP contribution is 2.20. The van der Waals surface area contributed by atoms with Crippen LogP contribution in [0.25, 0.3) is 0 Å². The first-order valence-electron chi connectivity index (χ1n) is 6.92. The molecule has 0 aromatic carbocycles. The lowest BCUT2D eigenvalue weighted by Gasteiger charge is -2.33. The maximum atomic E-state index is 12.2. The first-order chi connectivity index (χ1) is 9.76. The molecule has 1 saturated carbocycles. The van der Waals surface area contributed by atoms with Crippen molar-refractivity contribution >= 4 is 12.2 Å². The van der Waals surface area contributed by atoms with Crippen LogP contribution >= 0.6 is 0 Å². The lowest BCUT2D eigenvalue weighted by atomic mass is 10.2. The van der Waals surface area contributed by atoms with Gasteiger partial charge in [0.25, 0.3) is 0 Å². The van der Waals surface area contributed by atoms with Crippen LogP contribution in [0.5, 0.6) is 0 Å². The number of morpholine rings is 1. The Balaban J connectivity index is 1.64. The molecule has 0 bridgehead atoms. The molecule has 1 saturated heterocycles. The van der Waals surface area contributed by atoms with Gasteiger partial charge in [-0.1, -0.05) is 0 Å². The molecule has 1 amide bonds. The second-order valence-electron chi connectivity index (χ2n) is 5.27. The predicted molar refractivity (Wildman–Crippen MR) is 70.3 cm³/mol. The lowest BCUT2D eigenvalue weighted by Crippen LogP contribution is -2.53. The summed E-state index contributed by atoms with van der Waals surface area (Å²) < 4.78 is 10.8. The van der Waals surface area contributed by atoms with Crippen LogP contribution in [0.15, 0.2) is 16.5 Å². The van der Waals surface area contributed by atoms with Crippen LogP contribution in [0.3, 0.4) is 0 Å². The number of aldehydes is 1. The van der Waals surface area contributed by atoms with Crippen LogP contribution in [-0.2, 0) is 16.1 Å². The summed E-state index contributed by atoms with van der Waals surface area (Å²) in [6, 6.07) is 3.47. The third-order valence-corrected chi connectivity index (χ3v) is 3.62. The maximum absolute atomic E-state index is 12.2. The number of furan rings is 1. The zero-order chi connectivity index (χ0) is 13.9. The Kier molecular flexibility index (Phi) is 3.84.